The first-order valence-corrected chi connectivity index (χ1v) is 16.1. The second-order valence-electron chi connectivity index (χ2n) is 14.1. The Morgan fingerprint density at radius 1 is 0.977 bits per heavy atom. The largest absolute Gasteiger partial charge is 0.444 e. The smallest absolute Gasteiger partial charge is 0.410 e. The van der Waals surface area contributed by atoms with Crippen LogP contribution in [0.2, 0.25) is 0 Å². The SMILES string of the molecule is CC(C)(C)OC(=O)N(CC1CCC1)[C@@H]1CCCN(c2ccc(Cn3cc(-c4cncc(N5CC6CC6C5)n4)nn3)cc2)C1. The molecule has 2 aliphatic carbocycles. The van der Waals surface area contributed by atoms with Gasteiger partial charge in [-0.2, -0.15) is 0 Å². The van der Waals surface area contributed by atoms with Crippen LogP contribution in [-0.2, 0) is 11.3 Å². The van der Waals surface area contributed by atoms with Crippen LogP contribution in [-0.4, -0.2) is 80.3 Å². The Morgan fingerprint density at radius 3 is 2.49 bits per heavy atom. The van der Waals surface area contributed by atoms with Gasteiger partial charge in [0.05, 0.1) is 31.2 Å². The van der Waals surface area contributed by atoms with Gasteiger partial charge in [-0.15, -0.1) is 5.10 Å². The molecule has 1 aromatic carbocycles. The maximum absolute atomic E-state index is 13.2. The molecule has 4 aliphatic rings. The van der Waals surface area contributed by atoms with E-state index in [0.29, 0.717) is 12.5 Å². The van der Waals surface area contributed by atoms with E-state index in [-0.39, 0.29) is 12.1 Å². The summed E-state index contributed by atoms with van der Waals surface area (Å²) < 4.78 is 7.71. The van der Waals surface area contributed by atoms with Crippen molar-refractivity contribution in [2.45, 2.75) is 77.5 Å². The summed E-state index contributed by atoms with van der Waals surface area (Å²) in [5.41, 5.74) is 3.36. The van der Waals surface area contributed by atoms with E-state index in [9.17, 15) is 4.79 Å². The average Bonchev–Trinajstić information content (AvgIpc) is 3.33. The molecule has 0 N–H and O–H groups in total. The molecule has 0 bridgehead atoms. The van der Waals surface area contributed by atoms with Gasteiger partial charge in [0.1, 0.15) is 22.8 Å². The van der Waals surface area contributed by atoms with Crippen molar-refractivity contribution in [3.8, 4) is 11.4 Å². The van der Waals surface area contributed by atoms with E-state index in [4.69, 9.17) is 9.72 Å². The fourth-order valence-corrected chi connectivity index (χ4v) is 6.80. The number of ether oxygens (including phenoxy) is 1. The minimum absolute atomic E-state index is 0.162. The number of benzene rings is 1. The third kappa shape index (κ3) is 6.48. The van der Waals surface area contributed by atoms with Crippen LogP contribution < -0.4 is 9.80 Å². The van der Waals surface area contributed by atoms with Gasteiger partial charge in [-0.3, -0.25) is 4.98 Å². The highest BCUT2D eigenvalue weighted by Gasteiger charge is 2.45. The molecule has 4 heterocycles. The standard InChI is InChI=1S/C33H44N8O2/c1-33(2,3)43-32(42)41(18-23-6-4-7-23)28-8-5-13-38(21-28)27-11-9-24(10-12-27)17-40-22-30(36-37-40)29-15-34-16-31(35-29)39-19-25-14-26(25)20-39/h9-12,15-16,22-23,25-26,28H,4-8,13-14,17-21H2,1-3H3/t25?,26?,28-/m1/s1. The fraction of sp³-hybridized carbons (Fsp3) is 0.606. The first kappa shape index (κ1) is 28.1. The van der Waals surface area contributed by atoms with E-state index < -0.39 is 5.60 Å². The predicted molar refractivity (Wildman–Crippen MR) is 166 cm³/mol. The number of piperidine rings is 2. The molecule has 10 heteroatoms. The lowest BCUT2D eigenvalue weighted by Gasteiger charge is -2.43. The number of nitrogens with zero attached hydrogens (tertiary/aromatic N) is 8. The molecule has 7 rings (SSSR count). The summed E-state index contributed by atoms with van der Waals surface area (Å²) in [5, 5.41) is 8.78. The van der Waals surface area contributed by atoms with Crippen LogP contribution in [0.3, 0.4) is 0 Å². The van der Waals surface area contributed by atoms with E-state index in [2.05, 4.69) is 49.4 Å². The zero-order chi connectivity index (χ0) is 29.6. The molecular weight excluding hydrogens is 540 g/mol. The first-order chi connectivity index (χ1) is 20.8. The highest BCUT2D eigenvalue weighted by Crippen LogP contribution is 2.46. The monoisotopic (exact) mass is 584 g/mol. The Kier molecular flexibility index (Phi) is 7.47. The van der Waals surface area contributed by atoms with E-state index >= 15 is 0 Å². The molecule has 0 spiro atoms. The number of anilines is 2. The lowest BCUT2D eigenvalue weighted by molar-refractivity contribution is 0.00736. The Balaban J connectivity index is 0.983. The summed E-state index contributed by atoms with van der Waals surface area (Å²) in [6.07, 6.45) is 12.5. The molecule has 2 aromatic heterocycles. The van der Waals surface area contributed by atoms with E-state index in [0.717, 1.165) is 80.2 Å². The van der Waals surface area contributed by atoms with Gasteiger partial charge in [0.25, 0.3) is 0 Å². The molecule has 2 aliphatic heterocycles. The highest BCUT2D eigenvalue weighted by atomic mass is 16.6. The van der Waals surface area contributed by atoms with Crippen LogP contribution in [0.1, 0.15) is 64.9 Å². The third-order valence-corrected chi connectivity index (χ3v) is 9.52. The van der Waals surface area contributed by atoms with Crippen molar-refractivity contribution in [1.82, 2.24) is 29.9 Å². The molecule has 2 saturated heterocycles. The number of carbonyl (C=O) groups is 1. The highest BCUT2D eigenvalue weighted by molar-refractivity contribution is 5.69. The van der Waals surface area contributed by atoms with Crippen molar-refractivity contribution in [3.63, 3.8) is 0 Å². The topological polar surface area (TPSA) is 92.5 Å². The molecule has 3 atom stereocenters. The molecule has 228 valence electrons. The van der Waals surface area contributed by atoms with Crippen LogP contribution in [0.15, 0.2) is 42.9 Å². The van der Waals surface area contributed by atoms with Gasteiger partial charge in [0.15, 0.2) is 0 Å². The van der Waals surface area contributed by atoms with Crippen molar-refractivity contribution in [3.05, 3.63) is 48.4 Å². The molecule has 2 saturated carbocycles. The third-order valence-electron chi connectivity index (χ3n) is 9.52. The van der Waals surface area contributed by atoms with Crippen LogP contribution in [0.5, 0.6) is 0 Å². The predicted octanol–water partition coefficient (Wildman–Crippen LogP) is 5.25. The number of carbonyl (C=O) groups excluding carboxylic acids is 1. The number of fused-ring (bicyclic) bond motifs is 1. The van der Waals surface area contributed by atoms with Gasteiger partial charge >= 0.3 is 6.09 Å². The molecule has 43 heavy (non-hydrogen) atoms. The van der Waals surface area contributed by atoms with Crippen molar-refractivity contribution in [1.29, 1.82) is 0 Å². The number of hydrogen-bond donors (Lipinski definition) is 0. The van der Waals surface area contributed by atoms with Crippen LogP contribution in [0.4, 0.5) is 16.3 Å². The molecule has 2 unspecified atom stereocenters. The molecular formula is C33H44N8O2. The Hall–Kier alpha value is -3.69. The lowest BCUT2D eigenvalue weighted by atomic mass is 9.84. The number of hydrogen-bond acceptors (Lipinski definition) is 8. The first-order valence-electron chi connectivity index (χ1n) is 16.1. The average molecular weight is 585 g/mol. The Bertz CT molecular complexity index is 1420. The lowest BCUT2D eigenvalue weighted by Crippen LogP contribution is -2.53. The molecule has 3 aromatic rings. The van der Waals surface area contributed by atoms with Gasteiger partial charge in [-0.05, 0) is 88.3 Å². The minimum Gasteiger partial charge on any atom is -0.444 e. The molecule has 1 amide bonds. The van der Waals surface area contributed by atoms with Crippen molar-refractivity contribution in [2.24, 2.45) is 17.8 Å². The van der Waals surface area contributed by atoms with Gasteiger partial charge < -0.3 is 19.4 Å². The summed E-state index contributed by atoms with van der Waals surface area (Å²) in [6, 6.07) is 8.87. The zero-order valence-electron chi connectivity index (χ0n) is 25.7. The normalized spacial score (nSPS) is 23.6. The van der Waals surface area contributed by atoms with Crippen molar-refractivity contribution >= 4 is 17.6 Å². The minimum atomic E-state index is -0.491. The zero-order valence-corrected chi connectivity index (χ0v) is 25.7. The number of rotatable bonds is 8. The number of aromatic nitrogens is 5. The van der Waals surface area contributed by atoms with E-state index in [1.807, 2.05) is 42.7 Å². The van der Waals surface area contributed by atoms with Gasteiger partial charge in [0, 0.05) is 38.4 Å². The van der Waals surface area contributed by atoms with Crippen molar-refractivity contribution in [2.75, 3.05) is 42.5 Å². The van der Waals surface area contributed by atoms with Gasteiger partial charge in [-0.25, -0.2) is 14.5 Å². The van der Waals surface area contributed by atoms with Gasteiger partial charge in [-0.1, -0.05) is 23.8 Å². The van der Waals surface area contributed by atoms with Crippen LogP contribution >= 0.6 is 0 Å². The maximum Gasteiger partial charge on any atom is 0.410 e. The maximum atomic E-state index is 13.2. The summed E-state index contributed by atoms with van der Waals surface area (Å²) in [7, 11) is 0. The summed E-state index contributed by atoms with van der Waals surface area (Å²) in [5.74, 6) is 3.23. The molecule has 4 fully saturated rings. The molecule has 0 radical (unpaired) electrons. The number of amides is 1. The van der Waals surface area contributed by atoms with Gasteiger partial charge in [0.2, 0.25) is 0 Å². The fourth-order valence-electron chi connectivity index (χ4n) is 6.80. The summed E-state index contributed by atoms with van der Waals surface area (Å²) in [4.78, 5) is 29.3. The van der Waals surface area contributed by atoms with Crippen LogP contribution in [0.25, 0.3) is 11.4 Å². The Morgan fingerprint density at radius 2 is 1.77 bits per heavy atom. The Labute approximate surface area is 254 Å². The second-order valence-corrected chi connectivity index (χ2v) is 14.1. The van der Waals surface area contributed by atoms with E-state index in [1.165, 1.54) is 31.4 Å². The quantitative estimate of drug-likeness (QED) is 0.355. The van der Waals surface area contributed by atoms with Crippen molar-refractivity contribution < 1.29 is 9.53 Å². The summed E-state index contributed by atoms with van der Waals surface area (Å²) >= 11 is 0. The van der Waals surface area contributed by atoms with E-state index in [1.54, 1.807) is 6.20 Å². The molecule has 10 nitrogen and oxygen atoms in total. The van der Waals surface area contributed by atoms with Crippen LogP contribution in [0, 0.1) is 17.8 Å². The summed E-state index contributed by atoms with van der Waals surface area (Å²) in [6.45, 7) is 11.3. The second kappa shape index (κ2) is 11.4.